The van der Waals surface area contributed by atoms with Crippen LogP contribution in [-0.4, -0.2) is 18.8 Å². The SMILES string of the molecule is CCCCB1O[C@H]2C[C@@H]3C[C@@H](C3(C)C)[C@]2(C)O1. The summed E-state index contributed by atoms with van der Waals surface area (Å²) in [6, 6.07) is 0. The smallest absolute Gasteiger partial charge is 0.405 e. The highest BCUT2D eigenvalue weighted by molar-refractivity contribution is 6.45. The first-order valence-corrected chi connectivity index (χ1v) is 7.31. The van der Waals surface area contributed by atoms with Crippen LogP contribution >= 0.6 is 0 Å². The van der Waals surface area contributed by atoms with E-state index in [1.165, 1.54) is 25.7 Å². The Labute approximate surface area is 106 Å². The summed E-state index contributed by atoms with van der Waals surface area (Å²) < 4.78 is 12.5. The Morgan fingerprint density at radius 3 is 2.65 bits per heavy atom. The van der Waals surface area contributed by atoms with Crippen molar-refractivity contribution < 1.29 is 9.31 Å². The van der Waals surface area contributed by atoms with Crippen LogP contribution < -0.4 is 0 Å². The lowest BCUT2D eigenvalue weighted by atomic mass is 9.43. The first-order valence-electron chi connectivity index (χ1n) is 7.31. The lowest BCUT2D eigenvalue weighted by Crippen LogP contribution is -2.65. The van der Waals surface area contributed by atoms with Crippen LogP contribution in [0.4, 0.5) is 0 Å². The van der Waals surface area contributed by atoms with Gasteiger partial charge in [-0.25, -0.2) is 0 Å². The number of unbranched alkanes of at least 4 members (excludes halogenated alkanes) is 1. The molecule has 4 aliphatic rings. The van der Waals surface area contributed by atoms with Crippen molar-refractivity contribution in [2.45, 2.75) is 71.4 Å². The first-order chi connectivity index (χ1) is 7.98. The van der Waals surface area contributed by atoms with Crippen molar-refractivity contribution in [1.29, 1.82) is 0 Å². The fourth-order valence-corrected chi connectivity index (χ4v) is 4.45. The van der Waals surface area contributed by atoms with Gasteiger partial charge >= 0.3 is 7.12 Å². The Bertz CT molecular complexity index is 317. The van der Waals surface area contributed by atoms with Gasteiger partial charge in [0.1, 0.15) is 0 Å². The molecule has 0 amide bonds. The van der Waals surface area contributed by atoms with Crippen molar-refractivity contribution in [2.24, 2.45) is 17.3 Å². The highest BCUT2D eigenvalue weighted by Crippen LogP contribution is 2.65. The van der Waals surface area contributed by atoms with E-state index in [2.05, 4.69) is 27.7 Å². The molecule has 1 saturated heterocycles. The minimum atomic E-state index is -0.00332. The summed E-state index contributed by atoms with van der Waals surface area (Å²) in [5.41, 5.74) is 0.463. The van der Waals surface area contributed by atoms with Gasteiger partial charge in [-0.1, -0.05) is 33.6 Å². The van der Waals surface area contributed by atoms with Gasteiger partial charge < -0.3 is 9.31 Å². The molecule has 0 aromatic heterocycles. The lowest BCUT2D eigenvalue weighted by molar-refractivity contribution is -0.199. The molecule has 4 atom stereocenters. The van der Waals surface area contributed by atoms with Crippen LogP contribution in [0.3, 0.4) is 0 Å². The van der Waals surface area contributed by atoms with Gasteiger partial charge in [0.25, 0.3) is 0 Å². The van der Waals surface area contributed by atoms with Crippen LogP contribution in [0.5, 0.6) is 0 Å². The molecule has 17 heavy (non-hydrogen) atoms. The van der Waals surface area contributed by atoms with E-state index in [0.29, 0.717) is 17.4 Å². The van der Waals surface area contributed by atoms with Gasteiger partial charge in [-0.2, -0.15) is 0 Å². The highest BCUT2D eigenvalue weighted by atomic mass is 16.7. The van der Waals surface area contributed by atoms with Crippen LogP contribution in [0.2, 0.25) is 6.32 Å². The monoisotopic (exact) mass is 236 g/mol. The van der Waals surface area contributed by atoms with Gasteiger partial charge in [0.05, 0.1) is 11.7 Å². The Morgan fingerprint density at radius 2 is 2.00 bits per heavy atom. The molecule has 4 fully saturated rings. The molecule has 0 aromatic rings. The first kappa shape index (κ1) is 12.0. The van der Waals surface area contributed by atoms with Gasteiger partial charge in [-0.3, -0.25) is 0 Å². The Morgan fingerprint density at radius 1 is 1.24 bits per heavy atom. The standard InChI is InChI=1S/C14H25BO2/c1-5-6-7-15-16-12-9-10-8-11(13(10,2)3)14(12,4)17-15/h10-12H,5-9H2,1-4H3/t10-,11-,12-,14-/m0/s1. The second kappa shape index (κ2) is 3.74. The van der Waals surface area contributed by atoms with Gasteiger partial charge in [0.2, 0.25) is 0 Å². The average molecular weight is 236 g/mol. The molecular formula is C14H25BO2. The zero-order valence-corrected chi connectivity index (χ0v) is 11.7. The van der Waals surface area contributed by atoms with Crippen LogP contribution in [0, 0.1) is 17.3 Å². The summed E-state index contributed by atoms with van der Waals surface area (Å²) in [5.74, 6) is 1.56. The molecule has 2 bridgehead atoms. The van der Waals surface area contributed by atoms with Crippen LogP contribution in [0.1, 0.15) is 53.4 Å². The van der Waals surface area contributed by atoms with Gasteiger partial charge in [-0.05, 0) is 43.3 Å². The molecule has 3 aliphatic carbocycles. The van der Waals surface area contributed by atoms with E-state index in [4.69, 9.17) is 9.31 Å². The predicted octanol–water partition coefficient (Wildman–Crippen LogP) is 3.51. The lowest BCUT2D eigenvalue weighted by Gasteiger charge is -2.64. The van der Waals surface area contributed by atoms with Crippen LogP contribution in [0.25, 0.3) is 0 Å². The zero-order chi connectivity index (χ0) is 12.3. The maximum atomic E-state index is 6.32. The molecule has 2 nitrogen and oxygen atoms in total. The molecule has 1 heterocycles. The summed E-state index contributed by atoms with van der Waals surface area (Å²) in [6.45, 7) is 9.35. The predicted molar refractivity (Wildman–Crippen MR) is 69.8 cm³/mol. The summed E-state index contributed by atoms with van der Waals surface area (Å²) in [4.78, 5) is 0. The number of hydrogen-bond acceptors (Lipinski definition) is 2. The summed E-state index contributed by atoms with van der Waals surface area (Å²) >= 11 is 0. The van der Waals surface area contributed by atoms with Gasteiger partial charge in [0.15, 0.2) is 0 Å². The van der Waals surface area contributed by atoms with Crippen molar-refractivity contribution in [3.8, 4) is 0 Å². The molecule has 0 radical (unpaired) electrons. The molecule has 0 spiro atoms. The van der Waals surface area contributed by atoms with Crippen LogP contribution in [-0.2, 0) is 9.31 Å². The third-order valence-electron chi connectivity index (χ3n) is 5.80. The number of hydrogen-bond donors (Lipinski definition) is 0. The second-order valence-corrected chi connectivity index (χ2v) is 7.04. The van der Waals surface area contributed by atoms with Crippen molar-refractivity contribution in [2.75, 3.05) is 0 Å². The Hall–Kier alpha value is -0.0151. The summed E-state index contributed by atoms with van der Waals surface area (Å²) in [7, 11) is 0.0695. The summed E-state index contributed by atoms with van der Waals surface area (Å²) in [6.07, 6.45) is 6.43. The molecule has 4 rings (SSSR count). The Balaban J connectivity index is 1.73. The molecule has 3 heteroatoms. The van der Waals surface area contributed by atoms with E-state index >= 15 is 0 Å². The van der Waals surface area contributed by atoms with Gasteiger partial charge in [-0.15, -0.1) is 0 Å². The molecule has 0 N–H and O–H groups in total. The van der Waals surface area contributed by atoms with Gasteiger partial charge in [0, 0.05) is 0 Å². The third-order valence-corrected chi connectivity index (χ3v) is 5.80. The van der Waals surface area contributed by atoms with E-state index in [0.717, 1.165) is 12.2 Å². The maximum absolute atomic E-state index is 6.32. The molecule has 0 unspecified atom stereocenters. The van der Waals surface area contributed by atoms with Crippen molar-refractivity contribution in [3.63, 3.8) is 0 Å². The molecule has 0 aromatic carbocycles. The highest BCUT2D eigenvalue weighted by Gasteiger charge is 2.67. The van der Waals surface area contributed by atoms with Crippen molar-refractivity contribution in [1.82, 2.24) is 0 Å². The minimum Gasteiger partial charge on any atom is -0.405 e. The van der Waals surface area contributed by atoms with Crippen molar-refractivity contribution >= 4 is 7.12 Å². The normalized spacial score (nSPS) is 46.6. The van der Waals surface area contributed by atoms with Crippen LogP contribution in [0.15, 0.2) is 0 Å². The van der Waals surface area contributed by atoms with E-state index in [1.54, 1.807) is 0 Å². The molecule has 3 saturated carbocycles. The number of rotatable bonds is 3. The maximum Gasteiger partial charge on any atom is 0.457 e. The van der Waals surface area contributed by atoms with E-state index in [9.17, 15) is 0 Å². The second-order valence-electron chi connectivity index (χ2n) is 7.04. The topological polar surface area (TPSA) is 18.5 Å². The van der Waals surface area contributed by atoms with E-state index in [-0.39, 0.29) is 12.7 Å². The quantitative estimate of drug-likeness (QED) is 0.698. The molecule has 1 aliphatic heterocycles. The summed E-state index contributed by atoms with van der Waals surface area (Å²) in [5, 5.41) is 0. The zero-order valence-electron chi connectivity index (χ0n) is 11.7. The largest absolute Gasteiger partial charge is 0.457 e. The molecular weight excluding hydrogens is 211 g/mol. The fraction of sp³-hybridized carbons (Fsp3) is 1.00. The fourth-order valence-electron chi connectivity index (χ4n) is 4.45. The van der Waals surface area contributed by atoms with E-state index in [1.807, 2.05) is 0 Å². The third kappa shape index (κ3) is 1.54. The minimum absolute atomic E-state index is 0.00332. The Kier molecular flexibility index (Phi) is 2.65. The molecule has 96 valence electrons. The average Bonchev–Trinajstić information content (AvgIpc) is 2.61. The van der Waals surface area contributed by atoms with Crippen molar-refractivity contribution in [3.05, 3.63) is 0 Å². The van der Waals surface area contributed by atoms with E-state index < -0.39 is 0 Å².